The van der Waals surface area contributed by atoms with Gasteiger partial charge in [0.15, 0.2) is 9.84 Å². The fraction of sp³-hybridized carbons (Fsp3) is 0.579. The SMILES string of the molecule is CCOCC1CCCN(C(=O)CCS(=O)(=O)c2ccc(NC(C)=O)cc2)C1. The van der Waals surface area contributed by atoms with Crippen LogP contribution in [0.5, 0.6) is 0 Å². The molecule has 1 heterocycles. The smallest absolute Gasteiger partial charge is 0.223 e. The Balaban J connectivity index is 1.90. The minimum Gasteiger partial charge on any atom is -0.381 e. The number of carbonyl (C=O) groups excluding carboxylic acids is 2. The van der Waals surface area contributed by atoms with Crippen molar-refractivity contribution in [1.29, 1.82) is 0 Å². The number of ether oxygens (including phenoxy) is 1. The van der Waals surface area contributed by atoms with Crippen molar-refractivity contribution in [2.45, 2.75) is 38.0 Å². The van der Waals surface area contributed by atoms with Crippen LogP contribution in [0.4, 0.5) is 5.69 Å². The van der Waals surface area contributed by atoms with Gasteiger partial charge in [-0.05, 0) is 49.9 Å². The van der Waals surface area contributed by atoms with Gasteiger partial charge in [-0.15, -0.1) is 0 Å². The maximum Gasteiger partial charge on any atom is 0.223 e. The second kappa shape index (κ2) is 9.85. The van der Waals surface area contributed by atoms with Gasteiger partial charge in [-0.25, -0.2) is 8.42 Å². The van der Waals surface area contributed by atoms with Crippen LogP contribution in [0.1, 0.15) is 33.1 Å². The van der Waals surface area contributed by atoms with E-state index in [1.807, 2.05) is 6.92 Å². The fourth-order valence-corrected chi connectivity index (χ4v) is 4.39. The Morgan fingerprint density at radius 1 is 1.26 bits per heavy atom. The zero-order valence-electron chi connectivity index (χ0n) is 15.9. The molecule has 27 heavy (non-hydrogen) atoms. The highest BCUT2D eigenvalue weighted by Gasteiger charge is 2.25. The molecule has 1 aromatic carbocycles. The molecule has 1 fully saturated rings. The van der Waals surface area contributed by atoms with Crippen molar-refractivity contribution in [3.63, 3.8) is 0 Å². The molecule has 7 nitrogen and oxygen atoms in total. The van der Waals surface area contributed by atoms with E-state index in [1.54, 1.807) is 17.0 Å². The first-order valence-corrected chi connectivity index (χ1v) is 10.9. The summed E-state index contributed by atoms with van der Waals surface area (Å²) in [7, 11) is -3.55. The number of nitrogens with zero attached hydrogens (tertiary/aromatic N) is 1. The average molecular weight is 397 g/mol. The molecule has 1 aliphatic heterocycles. The zero-order valence-corrected chi connectivity index (χ0v) is 16.8. The van der Waals surface area contributed by atoms with Gasteiger partial charge in [-0.1, -0.05) is 0 Å². The number of rotatable bonds is 8. The number of carbonyl (C=O) groups is 2. The van der Waals surface area contributed by atoms with Crippen LogP contribution in [0.15, 0.2) is 29.2 Å². The van der Waals surface area contributed by atoms with Gasteiger partial charge in [-0.3, -0.25) is 9.59 Å². The van der Waals surface area contributed by atoms with Crippen LogP contribution in [0.25, 0.3) is 0 Å². The first-order chi connectivity index (χ1) is 12.8. The third kappa shape index (κ3) is 6.62. The number of hydrogen-bond donors (Lipinski definition) is 1. The van der Waals surface area contributed by atoms with Crippen LogP contribution in [-0.2, 0) is 24.2 Å². The molecular weight excluding hydrogens is 368 g/mol. The predicted molar refractivity (Wildman–Crippen MR) is 103 cm³/mol. The van der Waals surface area contributed by atoms with Crippen molar-refractivity contribution >= 4 is 27.3 Å². The lowest BCUT2D eigenvalue weighted by atomic mass is 9.99. The molecule has 1 unspecified atom stereocenters. The molecule has 1 N–H and O–H groups in total. The molecule has 0 spiro atoms. The van der Waals surface area contributed by atoms with Gasteiger partial charge in [0.1, 0.15) is 0 Å². The first kappa shape index (κ1) is 21.4. The summed E-state index contributed by atoms with van der Waals surface area (Å²) in [6.07, 6.45) is 1.92. The maximum absolute atomic E-state index is 12.5. The zero-order chi connectivity index (χ0) is 19.9. The molecule has 1 aliphatic rings. The third-order valence-corrected chi connectivity index (χ3v) is 6.28. The molecule has 2 amide bonds. The van der Waals surface area contributed by atoms with Gasteiger partial charge in [0.05, 0.1) is 17.3 Å². The van der Waals surface area contributed by atoms with Crippen LogP contribution in [0.2, 0.25) is 0 Å². The third-order valence-electron chi connectivity index (χ3n) is 4.55. The van der Waals surface area contributed by atoms with Crippen LogP contribution in [0.3, 0.4) is 0 Å². The summed E-state index contributed by atoms with van der Waals surface area (Å²) >= 11 is 0. The largest absolute Gasteiger partial charge is 0.381 e. The van der Waals surface area contributed by atoms with E-state index in [4.69, 9.17) is 4.74 Å². The Kier molecular flexibility index (Phi) is 7.79. The Labute approximate surface area is 161 Å². The Morgan fingerprint density at radius 2 is 1.96 bits per heavy atom. The number of nitrogens with one attached hydrogen (secondary N) is 1. The first-order valence-electron chi connectivity index (χ1n) is 9.27. The quantitative estimate of drug-likeness (QED) is 0.726. The molecule has 1 aromatic rings. The van der Waals surface area contributed by atoms with Gasteiger partial charge < -0.3 is 15.0 Å². The number of sulfone groups is 1. The summed E-state index contributed by atoms with van der Waals surface area (Å²) in [6, 6.07) is 5.98. The number of benzene rings is 1. The topological polar surface area (TPSA) is 92.8 Å². The highest BCUT2D eigenvalue weighted by molar-refractivity contribution is 7.91. The minimum absolute atomic E-state index is 0.0306. The van der Waals surface area contributed by atoms with Crippen molar-refractivity contribution in [2.75, 3.05) is 37.4 Å². The average Bonchev–Trinajstić information content (AvgIpc) is 2.64. The normalized spacial score (nSPS) is 17.6. The lowest BCUT2D eigenvalue weighted by Crippen LogP contribution is -2.41. The van der Waals surface area contributed by atoms with E-state index in [1.165, 1.54) is 19.1 Å². The van der Waals surface area contributed by atoms with Gasteiger partial charge in [-0.2, -0.15) is 0 Å². The van der Waals surface area contributed by atoms with Crippen LogP contribution >= 0.6 is 0 Å². The van der Waals surface area contributed by atoms with E-state index in [0.717, 1.165) is 12.8 Å². The van der Waals surface area contributed by atoms with Crippen LogP contribution in [-0.4, -0.2) is 57.2 Å². The van der Waals surface area contributed by atoms with E-state index in [-0.39, 0.29) is 28.9 Å². The second-order valence-corrected chi connectivity index (χ2v) is 8.89. The molecule has 0 aromatic heterocycles. The molecule has 1 saturated heterocycles. The van der Waals surface area contributed by atoms with Crippen LogP contribution < -0.4 is 5.32 Å². The molecule has 0 radical (unpaired) electrons. The summed E-state index contributed by atoms with van der Waals surface area (Å²) in [5.41, 5.74) is 0.534. The summed E-state index contributed by atoms with van der Waals surface area (Å²) in [5.74, 6) is -0.256. The lowest BCUT2D eigenvalue weighted by Gasteiger charge is -2.32. The van der Waals surface area contributed by atoms with E-state index in [2.05, 4.69) is 5.32 Å². The fourth-order valence-electron chi connectivity index (χ4n) is 3.16. The number of amides is 2. The summed E-state index contributed by atoms with van der Waals surface area (Å²) < 4.78 is 30.4. The molecule has 2 rings (SSSR count). The summed E-state index contributed by atoms with van der Waals surface area (Å²) in [6.45, 7) is 5.93. The molecule has 0 bridgehead atoms. The number of likely N-dealkylation sites (tertiary alicyclic amines) is 1. The lowest BCUT2D eigenvalue weighted by molar-refractivity contribution is -0.133. The maximum atomic E-state index is 12.5. The number of anilines is 1. The summed E-state index contributed by atoms with van der Waals surface area (Å²) in [4.78, 5) is 25.4. The highest BCUT2D eigenvalue weighted by Crippen LogP contribution is 2.19. The van der Waals surface area contributed by atoms with Crippen LogP contribution in [0, 0.1) is 5.92 Å². The van der Waals surface area contributed by atoms with Crippen molar-refractivity contribution < 1.29 is 22.7 Å². The van der Waals surface area contributed by atoms with Crippen molar-refractivity contribution in [3.8, 4) is 0 Å². The molecule has 8 heteroatoms. The van der Waals surface area contributed by atoms with Gasteiger partial charge in [0.25, 0.3) is 0 Å². The highest BCUT2D eigenvalue weighted by atomic mass is 32.2. The Morgan fingerprint density at radius 3 is 2.59 bits per heavy atom. The number of hydrogen-bond acceptors (Lipinski definition) is 5. The second-order valence-electron chi connectivity index (χ2n) is 6.78. The number of piperidine rings is 1. The summed E-state index contributed by atoms with van der Waals surface area (Å²) in [5, 5.41) is 2.59. The van der Waals surface area contributed by atoms with E-state index >= 15 is 0 Å². The van der Waals surface area contributed by atoms with E-state index in [0.29, 0.717) is 37.9 Å². The molecular formula is C19H28N2O5S. The van der Waals surface area contributed by atoms with Gasteiger partial charge in [0.2, 0.25) is 11.8 Å². The minimum atomic E-state index is -3.55. The molecule has 0 aliphatic carbocycles. The Hall–Kier alpha value is -1.93. The van der Waals surface area contributed by atoms with Crippen molar-refractivity contribution in [2.24, 2.45) is 5.92 Å². The van der Waals surface area contributed by atoms with Crippen molar-refractivity contribution in [3.05, 3.63) is 24.3 Å². The van der Waals surface area contributed by atoms with E-state index < -0.39 is 9.84 Å². The van der Waals surface area contributed by atoms with Crippen molar-refractivity contribution in [1.82, 2.24) is 4.90 Å². The monoisotopic (exact) mass is 396 g/mol. The standard InChI is InChI=1S/C19H28N2O5S/c1-3-26-14-16-5-4-11-21(13-16)19(23)10-12-27(24,25)18-8-6-17(7-9-18)20-15(2)22/h6-9,16H,3-5,10-14H2,1-2H3,(H,20,22). The van der Waals surface area contributed by atoms with Gasteiger partial charge >= 0.3 is 0 Å². The molecule has 150 valence electrons. The van der Waals surface area contributed by atoms with Gasteiger partial charge in [0, 0.05) is 38.7 Å². The predicted octanol–water partition coefficient (Wildman–Crippen LogP) is 2.08. The molecule has 1 atom stereocenters. The molecule has 0 saturated carbocycles. The van der Waals surface area contributed by atoms with E-state index in [9.17, 15) is 18.0 Å². The Bertz CT molecular complexity index is 746.